The number of fused-ring (bicyclic) bond motifs is 4. The molecule has 2 amide bonds. The molecule has 2 fully saturated rings. The van der Waals surface area contributed by atoms with Gasteiger partial charge in [-0.15, -0.1) is 0 Å². The number of para-hydroxylation sites is 2. The summed E-state index contributed by atoms with van der Waals surface area (Å²) in [5, 5.41) is 18.6. The van der Waals surface area contributed by atoms with E-state index < -0.39 is 42.4 Å². The Bertz CT molecular complexity index is 2940. The van der Waals surface area contributed by atoms with Crippen LogP contribution in [0.25, 0.3) is 0 Å². The van der Waals surface area contributed by atoms with E-state index in [1.807, 2.05) is 60.7 Å². The predicted molar refractivity (Wildman–Crippen MR) is 239 cm³/mol. The second-order valence-corrected chi connectivity index (χ2v) is 21.0. The third kappa shape index (κ3) is 7.25. The fraction of sp³-hybridized carbons (Fsp3) is 0.200. The van der Waals surface area contributed by atoms with Crippen LogP contribution in [0.3, 0.4) is 0 Å². The molecule has 0 radical (unpaired) electrons. The summed E-state index contributed by atoms with van der Waals surface area (Å²) in [4.78, 5) is 54.0. The highest BCUT2D eigenvalue weighted by molar-refractivity contribution is 7.91. The number of benzene rings is 6. The third-order valence-electron chi connectivity index (χ3n) is 13.0. The smallest absolute Gasteiger partial charge is 0.335 e. The van der Waals surface area contributed by atoms with Crippen molar-refractivity contribution < 1.29 is 46.2 Å². The molecule has 2 saturated carbocycles. The Labute approximate surface area is 370 Å². The van der Waals surface area contributed by atoms with Crippen molar-refractivity contribution in [3.05, 3.63) is 190 Å². The number of aromatic carboxylic acids is 2. The van der Waals surface area contributed by atoms with Crippen LogP contribution < -0.4 is 9.80 Å². The minimum Gasteiger partial charge on any atom is -0.478 e. The van der Waals surface area contributed by atoms with E-state index in [-0.39, 0.29) is 44.6 Å². The number of anilines is 2. The molecule has 0 unspecified atom stereocenters. The van der Waals surface area contributed by atoms with Gasteiger partial charge < -0.3 is 20.0 Å². The summed E-state index contributed by atoms with van der Waals surface area (Å²) < 4.78 is 47.1. The molecule has 0 aromatic heterocycles. The average molecular weight is 895 g/mol. The second-order valence-electron chi connectivity index (χ2n) is 17.0. The minimum atomic E-state index is -3.28. The maximum atomic E-state index is 13.7. The zero-order chi connectivity index (χ0) is 45.3. The van der Waals surface area contributed by atoms with E-state index in [1.54, 1.807) is 82.6 Å². The van der Waals surface area contributed by atoms with Crippen LogP contribution in [0.1, 0.15) is 78.8 Å². The number of amides is 2. The summed E-state index contributed by atoms with van der Waals surface area (Å²) in [7, 11) is -6.56. The van der Waals surface area contributed by atoms with Crippen LogP contribution in [0, 0.1) is 0 Å². The Hall–Kier alpha value is -6.90. The molecule has 14 heteroatoms. The monoisotopic (exact) mass is 894 g/mol. The van der Waals surface area contributed by atoms with Gasteiger partial charge in [-0.3, -0.25) is 9.59 Å². The molecule has 2 aliphatic heterocycles. The summed E-state index contributed by atoms with van der Waals surface area (Å²) in [6.45, 7) is 0.580. The molecule has 64 heavy (non-hydrogen) atoms. The van der Waals surface area contributed by atoms with Crippen LogP contribution in [-0.2, 0) is 53.2 Å². The zero-order valence-electron chi connectivity index (χ0n) is 34.7. The van der Waals surface area contributed by atoms with E-state index in [0.29, 0.717) is 25.9 Å². The Morgan fingerprint density at radius 2 is 0.891 bits per heavy atom. The minimum absolute atomic E-state index is 0.00313. The van der Waals surface area contributed by atoms with Crippen LogP contribution in [0.5, 0.6) is 0 Å². The number of sulfone groups is 2. The quantitative estimate of drug-likeness (QED) is 0.140. The molecule has 2 spiro atoms. The van der Waals surface area contributed by atoms with Crippen molar-refractivity contribution in [3.8, 4) is 0 Å². The zero-order valence-corrected chi connectivity index (χ0v) is 36.3. The first-order valence-corrected chi connectivity index (χ1v) is 24.3. The Morgan fingerprint density at radius 3 is 1.23 bits per heavy atom. The molecule has 12 nitrogen and oxygen atoms in total. The highest BCUT2D eigenvalue weighted by Crippen LogP contribution is 2.67. The van der Waals surface area contributed by atoms with Crippen LogP contribution in [0.15, 0.2) is 155 Å². The van der Waals surface area contributed by atoms with Crippen LogP contribution in [0.4, 0.5) is 11.4 Å². The molecule has 0 bridgehead atoms. The molecule has 6 aromatic rings. The first-order chi connectivity index (χ1) is 30.4. The predicted octanol–water partition coefficient (Wildman–Crippen LogP) is 7.52. The standard InChI is InChI=1S/2C25H21NO5S/c2*1-32(30,31)19-11-9-17(10-12-19)21-14-25(21)20-7-2-3-8-22(20)26(24(25)29)15-16-5-4-6-18(13-16)23(27)28/h2*2-13,21H,14-15H2,1H3,(H,27,28)/t2*21-,25-/m10/s1. The van der Waals surface area contributed by atoms with Crippen molar-refractivity contribution >= 4 is 54.8 Å². The molecule has 2 aliphatic carbocycles. The number of hydrogen-bond donors (Lipinski definition) is 2. The van der Waals surface area contributed by atoms with Gasteiger partial charge in [0.1, 0.15) is 0 Å². The van der Waals surface area contributed by atoms with Gasteiger partial charge in [-0.2, -0.15) is 0 Å². The summed E-state index contributed by atoms with van der Waals surface area (Å²) in [6.07, 6.45) is 3.67. The second kappa shape index (κ2) is 15.4. The van der Waals surface area contributed by atoms with Gasteiger partial charge in [0, 0.05) is 35.7 Å². The summed E-state index contributed by atoms with van der Waals surface area (Å²) in [5.74, 6) is -2.07. The Morgan fingerprint density at radius 1 is 0.531 bits per heavy atom. The Kier molecular flexibility index (Phi) is 10.2. The molecule has 324 valence electrons. The lowest BCUT2D eigenvalue weighted by molar-refractivity contribution is -0.121. The lowest BCUT2D eigenvalue weighted by atomic mass is 9.92. The van der Waals surface area contributed by atoms with Gasteiger partial charge in [-0.1, -0.05) is 84.9 Å². The average Bonchev–Trinajstić information content (AvgIpc) is 4.19. The lowest BCUT2D eigenvalue weighted by Gasteiger charge is -2.19. The number of carbonyl (C=O) groups excluding carboxylic acids is 2. The first kappa shape index (κ1) is 42.4. The van der Waals surface area contributed by atoms with Crippen LogP contribution in [0.2, 0.25) is 0 Å². The fourth-order valence-corrected chi connectivity index (χ4v) is 10.9. The van der Waals surface area contributed by atoms with Gasteiger partial charge in [0.25, 0.3) is 0 Å². The number of hydrogen-bond acceptors (Lipinski definition) is 8. The van der Waals surface area contributed by atoms with E-state index in [0.717, 1.165) is 44.8 Å². The number of carboxylic acids is 2. The van der Waals surface area contributed by atoms with Crippen molar-refractivity contribution in [1.82, 2.24) is 0 Å². The summed E-state index contributed by atoms with van der Waals surface area (Å²) >= 11 is 0. The van der Waals surface area contributed by atoms with Crippen molar-refractivity contribution in [1.29, 1.82) is 0 Å². The molecule has 10 rings (SSSR count). The third-order valence-corrected chi connectivity index (χ3v) is 15.2. The normalized spacial score (nSPS) is 21.6. The fourth-order valence-electron chi connectivity index (χ4n) is 9.68. The maximum absolute atomic E-state index is 13.7. The topological polar surface area (TPSA) is 184 Å². The molecular weight excluding hydrogens is 853 g/mol. The molecule has 4 aliphatic rings. The van der Waals surface area contributed by atoms with Crippen molar-refractivity contribution in [2.75, 3.05) is 22.3 Å². The van der Waals surface area contributed by atoms with E-state index in [4.69, 9.17) is 0 Å². The largest absolute Gasteiger partial charge is 0.478 e. The number of carbonyl (C=O) groups is 4. The number of rotatable bonds is 10. The van der Waals surface area contributed by atoms with Gasteiger partial charge in [0.15, 0.2) is 19.7 Å². The molecule has 6 aromatic carbocycles. The van der Waals surface area contributed by atoms with Crippen molar-refractivity contribution in [2.45, 2.75) is 58.4 Å². The Balaban J connectivity index is 0.000000162. The van der Waals surface area contributed by atoms with E-state index in [9.17, 15) is 46.2 Å². The molecule has 2 heterocycles. The maximum Gasteiger partial charge on any atom is 0.335 e. The van der Waals surface area contributed by atoms with E-state index in [2.05, 4.69) is 0 Å². The first-order valence-electron chi connectivity index (χ1n) is 20.5. The van der Waals surface area contributed by atoms with Gasteiger partial charge in [-0.05, 0) is 107 Å². The van der Waals surface area contributed by atoms with Gasteiger partial charge in [-0.25, -0.2) is 26.4 Å². The highest BCUT2D eigenvalue weighted by atomic mass is 32.2. The van der Waals surface area contributed by atoms with Crippen LogP contribution >= 0.6 is 0 Å². The molecule has 2 N–H and O–H groups in total. The van der Waals surface area contributed by atoms with E-state index >= 15 is 0 Å². The highest BCUT2D eigenvalue weighted by Gasteiger charge is 2.68. The molecular formula is C50H42N2O10S2. The van der Waals surface area contributed by atoms with Crippen LogP contribution in [-0.4, -0.2) is 63.3 Å². The summed E-state index contributed by atoms with van der Waals surface area (Å²) in [5.41, 5.74) is 6.06. The molecule has 4 atom stereocenters. The van der Waals surface area contributed by atoms with E-state index in [1.165, 1.54) is 24.6 Å². The summed E-state index contributed by atoms with van der Waals surface area (Å²) in [6, 6.07) is 42.3. The van der Waals surface area contributed by atoms with Gasteiger partial charge in [0.2, 0.25) is 11.8 Å². The number of carboxylic acid groups (broad SMARTS) is 2. The van der Waals surface area contributed by atoms with Crippen molar-refractivity contribution in [2.24, 2.45) is 0 Å². The SMILES string of the molecule is CS(=O)(=O)c1ccc([C@@H]2C[C@@]23C(=O)N(Cc2cccc(C(=O)O)c2)c2ccccc23)cc1.CS(=O)(=O)c1ccc([C@H]2C[C@]23C(=O)N(Cc2cccc(C(=O)O)c2)c2ccccc23)cc1. The number of nitrogens with zero attached hydrogens (tertiary/aromatic N) is 2. The van der Waals surface area contributed by atoms with Gasteiger partial charge >= 0.3 is 11.9 Å². The van der Waals surface area contributed by atoms with Crippen molar-refractivity contribution in [3.63, 3.8) is 0 Å². The lowest BCUT2D eigenvalue weighted by Crippen LogP contribution is -2.32. The molecule has 0 saturated heterocycles. The van der Waals surface area contributed by atoms with Gasteiger partial charge in [0.05, 0.1) is 44.8 Å².